The van der Waals surface area contributed by atoms with Crippen molar-refractivity contribution in [2.75, 3.05) is 7.11 Å². The van der Waals surface area contributed by atoms with Gasteiger partial charge in [-0.25, -0.2) is 0 Å². The molecule has 1 saturated carbocycles. The minimum absolute atomic E-state index is 0.0591. The molecule has 98 valence electrons. The normalized spacial score (nSPS) is 26.7. The highest BCUT2D eigenvalue weighted by Gasteiger charge is 2.51. The van der Waals surface area contributed by atoms with Crippen LogP contribution in [-0.2, 0) is 17.9 Å². The second-order valence-electron chi connectivity index (χ2n) is 5.36. The van der Waals surface area contributed by atoms with Gasteiger partial charge in [-0.2, -0.15) is 0 Å². The smallest absolute Gasteiger partial charge is 0.230 e. The third-order valence-corrected chi connectivity index (χ3v) is 4.42. The van der Waals surface area contributed by atoms with Gasteiger partial charge in [0.1, 0.15) is 5.69 Å². The van der Waals surface area contributed by atoms with E-state index in [9.17, 15) is 14.7 Å². The average Bonchev–Trinajstić information content (AvgIpc) is 2.94. The van der Waals surface area contributed by atoms with Gasteiger partial charge in [0, 0.05) is 29.8 Å². The van der Waals surface area contributed by atoms with Crippen LogP contribution in [0.25, 0.3) is 0 Å². The Morgan fingerprint density at radius 1 is 1.47 bits per heavy atom. The van der Waals surface area contributed by atoms with Gasteiger partial charge in [-0.3, -0.25) is 9.59 Å². The van der Waals surface area contributed by atoms with Gasteiger partial charge in [0.2, 0.25) is 11.6 Å². The lowest BCUT2D eigenvalue weighted by atomic mass is 9.95. The number of carbonyl (C=O) groups excluding carboxylic acids is 2. The molecule has 0 amide bonds. The molecule has 1 aliphatic heterocycles. The summed E-state index contributed by atoms with van der Waals surface area (Å²) >= 11 is 0. The van der Waals surface area contributed by atoms with E-state index in [1.165, 1.54) is 13.2 Å². The maximum absolute atomic E-state index is 12.3. The molecular formula is C14H13NO4. The highest BCUT2D eigenvalue weighted by molar-refractivity contribution is 6.24. The van der Waals surface area contributed by atoms with E-state index in [0.717, 1.165) is 18.7 Å². The van der Waals surface area contributed by atoms with E-state index in [1.807, 2.05) is 4.57 Å². The second kappa shape index (κ2) is 3.36. The number of methoxy groups -OCH3 is 1. The summed E-state index contributed by atoms with van der Waals surface area (Å²) in [5, 5.41) is 9.61. The quantitative estimate of drug-likeness (QED) is 0.860. The van der Waals surface area contributed by atoms with E-state index in [0.29, 0.717) is 28.7 Å². The highest BCUT2D eigenvalue weighted by atomic mass is 16.5. The zero-order valence-electron chi connectivity index (χ0n) is 10.5. The number of rotatable bonds is 2. The molecule has 5 nitrogen and oxygen atoms in total. The summed E-state index contributed by atoms with van der Waals surface area (Å²) < 4.78 is 6.90. The van der Waals surface area contributed by atoms with E-state index in [4.69, 9.17) is 4.74 Å². The molecule has 0 saturated heterocycles. The van der Waals surface area contributed by atoms with E-state index in [2.05, 4.69) is 0 Å². The van der Waals surface area contributed by atoms with Crippen LogP contribution in [0.3, 0.4) is 0 Å². The molecule has 0 radical (unpaired) electrons. The van der Waals surface area contributed by atoms with E-state index < -0.39 is 0 Å². The van der Waals surface area contributed by atoms with Gasteiger partial charge in [0.25, 0.3) is 0 Å². The Morgan fingerprint density at radius 3 is 2.95 bits per heavy atom. The van der Waals surface area contributed by atoms with Crippen LogP contribution in [0.1, 0.15) is 44.4 Å². The molecule has 1 aromatic heterocycles. The SMILES string of the molecule is COC1=CC(=O)c2c(c(CO)c3n2CC2CC32)C1=O. The number of aliphatic hydroxyl groups is 1. The standard InChI is InChI=1S/C14H13NO4/c1-19-10-3-9(17)13-11(14(10)18)8(5-16)12-7-2-6(7)4-15(12)13/h3,6-7,16H,2,4-5H2,1H3. The van der Waals surface area contributed by atoms with Crippen molar-refractivity contribution in [3.05, 3.63) is 34.3 Å². The molecule has 4 rings (SSSR count). The van der Waals surface area contributed by atoms with Crippen LogP contribution in [0.2, 0.25) is 0 Å². The molecule has 19 heavy (non-hydrogen) atoms. The summed E-state index contributed by atoms with van der Waals surface area (Å²) in [7, 11) is 1.38. The lowest BCUT2D eigenvalue weighted by Crippen LogP contribution is -2.20. The van der Waals surface area contributed by atoms with Gasteiger partial charge in [-0.1, -0.05) is 0 Å². The molecule has 1 N–H and O–H groups in total. The maximum Gasteiger partial charge on any atom is 0.230 e. The van der Waals surface area contributed by atoms with Crippen molar-refractivity contribution < 1.29 is 19.4 Å². The van der Waals surface area contributed by atoms with Gasteiger partial charge in [0.15, 0.2) is 5.76 Å². The average molecular weight is 259 g/mol. The number of Topliss-reactive ketones (excluding diaryl/α,β-unsaturated/α-hetero) is 1. The molecule has 1 aromatic rings. The molecule has 1 fully saturated rings. The van der Waals surface area contributed by atoms with Crippen LogP contribution in [0, 0.1) is 5.92 Å². The summed E-state index contributed by atoms with van der Waals surface area (Å²) in [5.41, 5.74) is 2.41. The van der Waals surface area contributed by atoms with Gasteiger partial charge in [-0.05, 0) is 12.3 Å². The Hall–Kier alpha value is -1.88. The molecule has 2 atom stereocenters. The molecule has 2 unspecified atom stereocenters. The number of carbonyl (C=O) groups is 2. The first-order valence-electron chi connectivity index (χ1n) is 6.38. The van der Waals surface area contributed by atoms with Gasteiger partial charge >= 0.3 is 0 Å². The zero-order valence-corrected chi connectivity index (χ0v) is 10.5. The highest BCUT2D eigenvalue weighted by Crippen LogP contribution is 2.56. The Kier molecular flexibility index (Phi) is 1.94. The molecule has 0 aromatic carbocycles. The van der Waals surface area contributed by atoms with Crippen molar-refractivity contribution in [3.8, 4) is 0 Å². The summed E-state index contributed by atoms with van der Waals surface area (Å²) in [4.78, 5) is 24.5. The minimum Gasteiger partial charge on any atom is -0.492 e. The van der Waals surface area contributed by atoms with Crippen molar-refractivity contribution in [1.29, 1.82) is 0 Å². The number of hydrogen-bond donors (Lipinski definition) is 1. The van der Waals surface area contributed by atoms with E-state index in [1.54, 1.807) is 0 Å². The molecule has 3 aliphatic rings. The maximum atomic E-state index is 12.3. The summed E-state index contributed by atoms with van der Waals surface area (Å²) in [6.07, 6.45) is 2.35. The number of aliphatic hydroxyl groups excluding tert-OH is 1. The summed E-state index contributed by atoms with van der Waals surface area (Å²) in [6, 6.07) is 0. The van der Waals surface area contributed by atoms with Crippen molar-refractivity contribution in [2.24, 2.45) is 5.92 Å². The van der Waals surface area contributed by atoms with Crippen molar-refractivity contribution >= 4 is 11.6 Å². The number of allylic oxidation sites excluding steroid dienone is 2. The van der Waals surface area contributed by atoms with Crippen LogP contribution >= 0.6 is 0 Å². The Balaban J connectivity index is 2.00. The minimum atomic E-state index is -0.291. The van der Waals surface area contributed by atoms with Gasteiger partial charge < -0.3 is 14.4 Å². The Morgan fingerprint density at radius 2 is 2.26 bits per heavy atom. The van der Waals surface area contributed by atoms with Crippen LogP contribution in [0.4, 0.5) is 0 Å². The topological polar surface area (TPSA) is 68.5 Å². The molecule has 0 bridgehead atoms. The zero-order chi connectivity index (χ0) is 13.3. The largest absolute Gasteiger partial charge is 0.492 e. The second-order valence-corrected chi connectivity index (χ2v) is 5.36. The van der Waals surface area contributed by atoms with E-state index >= 15 is 0 Å². The van der Waals surface area contributed by atoms with Crippen molar-refractivity contribution in [1.82, 2.24) is 4.57 Å². The van der Waals surface area contributed by atoms with Crippen molar-refractivity contribution in [3.63, 3.8) is 0 Å². The first-order valence-corrected chi connectivity index (χ1v) is 6.38. The lowest BCUT2D eigenvalue weighted by Gasteiger charge is -2.13. The number of ketones is 2. The fourth-order valence-corrected chi connectivity index (χ4v) is 3.51. The van der Waals surface area contributed by atoms with Gasteiger partial charge in [-0.15, -0.1) is 0 Å². The molecule has 5 heteroatoms. The van der Waals surface area contributed by atoms with Crippen LogP contribution in [0.15, 0.2) is 11.8 Å². The number of ether oxygens (including phenoxy) is 1. The summed E-state index contributed by atoms with van der Waals surface area (Å²) in [5.74, 6) is 0.568. The fraction of sp³-hybridized carbons (Fsp3) is 0.429. The van der Waals surface area contributed by atoms with Gasteiger partial charge in [0.05, 0.1) is 19.3 Å². The third kappa shape index (κ3) is 1.18. The molecule has 2 aliphatic carbocycles. The van der Waals surface area contributed by atoms with Crippen LogP contribution in [-0.4, -0.2) is 28.3 Å². The first-order chi connectivity index (χ1) is 9.17. The number of fused-ring (bicyclic) bond motifs is 5. The third-order valence-electron chi connectivity index (χ3n) is 4.42. The molecule has 0 spiro atoms. The summed E-state index contributed by atoms with van der Waals surface area (Å²) in [6.45, 7) is 0.585. The van der Waals surface area contributed by atoms with Crippen LogP contribution < -0.4 is 0 Å². The van der Waals surface area contributed by atoms with Crippen LogP contribution in [0.5, 0.6) is 0 Å². The number of nitrogens with zero attached hydrogens (tertiary/aromatic N) is 1. The first kappa shape index (κ1) is 11.0. The Bertz CT molecular complexity index is 667. The van der Waals surface area contributed by atoms with E-state index in [-0.39, 0.29) is 23.9 Å². The molecule has 2 heterocycles. The monoisotopic (exact) mass is 259 g/mol. The fourth-order valence-electron chi connectivity index (χ4n) is 3.51. The number of aromatic nitrogens is 1. The predicted molar refractivity (Wildman–Crippen MR) is 65.0 cm³/mol. The molecular weight excluding hydrogens is 246 g/mol. The number of hydrogen-bond acceptors (Lipinski definition) is 4. The van der Waals surface area contributed by atoms with Crippen molar-refractivity contribution in [2.45, 2.75) is 25.5 Å². The lowest BCUT2D eigenvalue weighted by molar-refractivity contribution is 0.0911. The Labute approximate surface area is 109 Å². The predicted octanol–water partition coefficient (Wildman–Crippen LogP) is 1.01.